The topological polar surface area (TPSA) is 46.3 Å². The molecule has 2 aromatic heterocycles. The lowest BCUT2D eigenvalue weighted by Gasteiger charge is -2.36. The van der Waals surface area contributed by atoms with Crippen molar-refractivity contribution < 1.29 is 0 Å². The van der Waals surface area contributed by atoms with Crippen LogP contribution in [0.4, 0.5) is 0 Å². The summed E-state index contributed by atoms with van der Waals surface area (Å²) in [6, 6.07) is 60.9. The maximum absolute atomic E-state index is 5.53. The van der Waals surface area contributed by atoms with Gasteiger partial charge in [-0.25, -0.2) is 4.99 Å². The van der Waals surface area contributed by atoms with Crippen LogP contribution < -0.4 is 21.2 Å². The Balaban J connectivity index is 0.850. The maximum Gasteiger partial charge on any atom is 0.132 e. The van der Waals surface area contributed by atoms with E-state index in [2.05, 4.69) is 232 Å². The van der Waals surface area contributed by atoms with E-state index in [0.717, 1.165) is 37.1 Å². The molecule has 10 aromatic rings. The van der Waals surface area contributed by atoms with Gasteiger partial charge in [0.15, 0.2) is 0 Å². The molecule has 4 atom stereocenters. The minimum absolute atomic E-state index is 0.101. The van der Waals surface area contributed by atoms with Gasteiger partial charge in [0, 0.05) is 49.9 Å². The lowest BCUT2D eigenvalue weighted by molar-refractivity contribution is 0.339. The van der Waals surface area contributed by atoms with Crippen LogP contribution in [0.3, 0.4) is 0 Å². The number of hydrogen-bond donors (Lipinski definition) is 2. The van der Waals surface area contributed by atoms with E-state index in [1.165, 1.54) is 110 Å². The number of fused-ring (bicyclic) bond motifs is 12. The van der Waals surface area contributed by atoms with Crippen molar-refractivity contribution in [3.63, 3.8) is 0 Å². The number of aliphatic imine (C=N–C) groups is 1. The van der Waals surface area contributed by atoms with E-state index in [1.807, 2.05) is 0 Å². The standard InChI is InChI=1S/C65H49N5/c1-2-15-42(16-3-1)63-66-64(46-29-28-41-27-26-40-14-6-7-19-49(40)55(41)36-46)68-65(67-63)54-32-33-60(51-21-9-8-20-50(51)54)70-59-25-13-11-23-53(59)57-37-47-34-48(31-30-45(47)39-62(57)70)69-58-24-12-10-22-52(58)56-35-43-17-4-5-18-44(43)38-61(56)69/h1-15,17-25,28-33,35-39,42,47,63-64,66H,16,26-27,34H2,(H,67,68). The van der Waals surface area contributed by atoms with Crippen molar-refractivity contribution in [3.8, 4) is 16.8 Å². The Morgan fingerprint density at radius 1 is 0.557 bits per heavy atom. The van der Waals surface area contributed by atoms with Crippen molar-refractivity contribution >= 4 is 77.9 Å². The van der Waals surface area contributed by atoms with E-state index in [1.54, 1.807) is 0 Å². The number of rotatable bonds is 5. The number of benzene rings is 8. The Labute approximate surface area is 406 Å². The third-order valence-corrected chi connectivity index (χ3v) is 15.9. The third-order valence-electron chi connectivity index (χ3n) is 15.9. The van der Waals surface area contributed by atoms with Crippen molar-refractivity contribution in [1.29, 1.82) is 0 Å². The molecule has 5 heteroatoms. The van der Waals surface area contributed by atoms with Gasteiger partial charge in [0.25, 0.3) is 0 Å². The Kier molecular flexibility index (Phi) is 8.87. The zero-order chi connectivity index (χ0) is 45.9. The molecule has 0 saturated carbocycles. The molecule has 0 saturated heterocycles. The number of amidine groups is 1. The first-order chi connectivity index (χ1) is 34.7. The number of nitrogens with zero attached hydrogens (tertiary/aromatic N) is 3. The second-order valence-electron chi connectivity index (χ2n) is 19.8. The fraction of sp³-hybridized carbons (Fsp3) is 0.123. The van der Waals surface area contributed by atoms with Crippen LogP contribution in [-0.4, -0.2) is 21.1 Å². The summed E-state index contributed by atoms with van der Waals surface area (Å²) in [4.78, 5) is 5.53. The SMILES string of the molecule is C1=CCC(C2N=C(c3ccc(-n4c5c(c6ccccc64)=CC4CC(n6c7ccccc7c7cc8ccccc8cc76)=CC=C4C=5)c4ccccc34)NC(c3ccc4c(c3)-c3ccccc3CC4)N2)C=C1. The molecule has 4 aliphatic carbocycles. The van der Waals surface area contributed by atoms with Gasteiger partial charge in [-0.3, -0.25) is 5.32 Å². The van der Waals surface area contributed by atoms with E-state index in [0.29, 0.717) is 0 Å². The van der Waals surface area contributed by atoms with Crippen LogP contribution in [0.2, 0.25) is 0 Å². The molecular weight excluding hydrogens is 851 g/mol. The second kappa shape index (κ2) is 15.6. The lowest BCUT2D eigenvalue weighted by Crippen LogP contribution is -2.50. The van der Waals surface area contributed by atoms with Crippen molar-refractivity contribution in [1.82, 2.24) is 19.8 Å². The van der Waals surface area contributed by atoms with Gasteiger partial charge < -0.3 is 14.5 Å². The third kappa shape index (κ3) is 6.18. The molecule has 0 spiro atoms. The largest absolute Gasteiger partial charge is 0.350 e. The molecule has 0 fully saturated rings. The molecule has 3 heterocycles. The van der Waals surface area contributed by atoms with Crippen LogP contribution in [-0.2, 0) is 12.8 Å². The van der Waals surface area contributed by atoms with Gasteiger partial charge in [-0.15, -0.1) is 0 Å². The molecule has 5 aliphatic rings. The highest BCUT2D eigenvalue weighted by molar-refractivity contribution is 6.15. The molecule has 0 bridgehead atoms. The first kappa shape index (κ1) is 39.7. The van der Waals surface area contributed by atoms with Gasteiger partial charge in [0.1, 0.15) is 18.2 Å². The van der Waals surface area contributed by atoms with Crippen LogP contribution in [0.5, 0.6) is 0 Å². The number of nitrogens with one attached hydrogen (secondary N) is 2. The second-order valence-corrected chi connectivity index (χ2v) is 19.8. The quantitative estimate of drug-likeness (QED) is 0.181. The summed E-state index contributed by atoms with van der Waals surface area (Å²) in [6.45, 7) is 0. The summed E-state index contributed by atoms with van der Waals surface area (Å²) in [5, 5.41) is 19.2. The molecule has 0 amide bonds. The smallest absolute Gasteiger partial charge is 0.132 e. The van der Waals surface area contributed by atoms with E-state index in [-0.39, 0.29) is 24.2 Å². The average Bonchev–Trinajstić information content (AvgIpc) is 3.92. The summed E-state index contributed by atoms with van der Waals surface area (Å²) < 4.78 is 5.03. The first-order valence-electron chi connectivity index (χ1n) is 25.0. The zero-order valence-corrected chi connectivity index (χ0v) is 38.7. The fourth-order valence-electron chi connectivity index (χ4n) is 12.5. The van der Waals surface area contributed by atoms with Crippen molar-refractivity contribution in [3.05, 3.63) is 239 Å². The fourth-order valence-corrected chi connectivity index (χ4v) is 12.5. The molecule has 0 radical (unpaired) electrons. The molecule has 2 N–H and O–H groups in total. The number of aryl methyl sites for hydroxylation is 2. The summed E-state index contributed by atoms with van der Waals surface area (Å²) in [6.07, 6.45) is 22.5. The zero-order valence-electron chi connectivity index (χ0n) is 38.7. The van der Waals surface area contributed by atoms with E-state index in [4.69, 9.17) is 4.99 Å². The summed E-state index contributed by atoms with van der Waals surface area (Å²) >= 11 is 0. The van der Waals surface area contributed by atoms with E-state index >= 15 is 0 Å². The van der Waals surface area contributed by atoms with Gasteiger partial charge in [0.2, 0.25) is 0 Å². The lowest BCUT2D eigenvalue weighted by atomic mass is 9.84. The summed E-state index contributed by atoms with van der Waals surface area (Å²) in [5.41, 5.74) is 15.5. The van der Waals surface area contributed by atoms with Gasteiger partial charge >= 0.3 is 0 Å². The Morgan fingerprint density at radius 2 is 1.30 bits per heavy atom. The average molecular weight is 900 g/mol. The highest BCUT2D eigenvalue weighted by Crippen LogP contribution is 2.41. The van der Waals surface area contributed by atoms with Crippen LogP contribution in [0, 0.1) is 11.8 Å². The van der Waals surface area contributed by atoms with Crippen LogP contribution in [0.15, 0.2) is 211 Å². The minimum Gasteiger partial charge on any atom is -0.350 e. The molecular formula is C65H49N5. The first-order valence-corrected chi connectivity index (χ1v) is 25.0. The molecule has 334 valence electrons. The van der Waals surface area contributed by atoms with Crippen LogP contribution in [0.1, 0.15) is 41.3 Å². The van der Waals surface area contributed by atoms with Crippen LogP contribution in [0.25, 0.3) is 88.9 Å². The number of para-hydroxylation sites is 2. The molecule has 15 rings (SSSR count). The van der Waals surface area contributed by atoms with E-state index < -0.39 is 0 Å². The van der Waals surface area contributed by atoms with Gasteiger partial charge in [-0.05, 0) is 130 Å². The summed E-state index contributed by atoms with van der Waals surface area (Å²) in [7, 11) is 0. The molecule has 4 unspecified atom stereocenters. The van der Waals surface area contributed by atoms with Crippen molar-refractivity contribution in [2.75, 3.05) is 0 Å². The highest BCUT2D eigenvalue weighted by atomic mass is 15.3. The van der Waals surface area contributed by atoms with Gasteiger partial charge in [-0.1, -0.05) is 158 Å². The van der Waals surface area contributed by atoms with Gasteiger partial charge in [0.05, 0.1) is 27.6 Å². The highest BCUT2D eigenvalue weighted by Gasteiger charge is 2.31. The van der Waals surface area contributed by atoms with Crippen LogP contribution >= 0.6 is 0 Å². The monoisotopic (exact) mass is 899 g/mol. The molecule has 70 heavy (non-hydrogen) atoms. The Hall–Kier alpha value is -8.25. The van der Waals surface area contributed by atoms with Crippen molar-refractivity contribution in [2.24, 2.45) is 16.8 Å². The van der Waals surface area contributed by atoms with E-state index in [9.17, 15) is 0 Å². The summed E-state index contributed by atoms with van der Waals surface area (Å²) in [5.74, 6) is 1.40. The minimum atomic E-state index is -0.124. The Morgan fingerprint density at radius 3 is 2.16 bits per heavy atom. The Bertz CT molecular complexity index is 4170. The van der Waals surface area contributed by atoms with Gasteiger partial charge in [-0.2, -0.15) is 0 Å². The molecule has 5 nitrogen and oxygen atoms in total. The molecule has 1 aliphatic heterocycles. The number of allylic oxidation sites excluding steroid dienone is 7. The number of aromatic nitrogens is 2. The molecule has 8 aromatic carbocycles. The predicted molar refractivity (Wildman–Crippen MR) is 291 cm³/mol. The van der Waals surface area contributed by atoms with Crippen molar-refractivity contribution in [2.45, 2.75) is 38.0 Å². The predicted octanol–water partition coefficient (Wildman–Crippen LogP) is 13.0. The number of hydrogen-bond acceptors (Lipinski definition) is 3. The normalized spacial score (nSPS) is 20.2. The maximum atomic E-state index is 5.53.